The number of hydrogen-bond donors (Lipinski definition) is 3. The van der Waals surface area contributed by atoms with Gasteiger partial charge in [-0.1, -0.05) is 0 Å². The van der Waals surface area contributed by atoms with E-state index in [1.165, 1.54) is 32.4 Å². The number of methoxy groups -OCH3 is 2. The summed E-state index contributed by atoms with van der Waals surface area (Å²) in [7, 11) is 3.08. The van der Waals surface area contributed by atoms with Gasteiger partial charge in [0.05, 0.1) is 26.0 Å². The molecule has 3 rings (SSSR count). The number of aryl methyl sites for hydroxylation is 1. The minimum absolute atomic E-state index is 0.0402. The van der Waals surface area contributed by atoms with E-state index < -0.39 is 24.0 Å². The third-order valence-corrected chi connectivity index (χ3v) is 5.11. The molecule has 3 N–H and O–H groups in total. The highest BCUT2D eigenvalue weighted by molar-refractivity contribution is 5.93. The van der Waals surface area contributed by atoms with Crippen LogP contribution < -0.4 is 20.1 Å². The monoisotopic (exact) mass is 468 g/mol. The van der Waals surface area contributed by atoms with Crippen LogP contribution in [0.4, 0.5) is 9.18 Å². The minimum Gasteiger partial charge on any atom is -0.497 e. The van der Waals surface area contributed by atoms with Gasteiger partial charge in [0, 0.05) is 23.9 Å². The molecule has 1 unspecified atom stereocenters. The number of carbonyl (C=O) groups is 2. The second-order valence-corrected chi connectivity index (χ2v) is 7.51. The van der Waals surface area contributed by atoms with Gasteiger partial charge >= 0.3 is 6.09 Å². The first kappa shape index (κ1) is 24.4. The number of nitrogens with one attached hydrogen (secondary N) is 2. The molecule has 10 heteroatoms. The van der Waals surface area contributed by atoms with E-state index in [4.69, 9.17) is 14.6 Å². The molecular weight excluding hydrogens is 443 g/mol. The predicted octanol–water partition coefficient (Wildman–Crippen LogP) is 3.87. The molecule has 178 valence electrons. The van der Waals surface area contributed by atoms with E-state index in [2.05, 4.69) is 20.6 Å². The third kappa shape index (κ3) is 5.97. The number of carboxylic acid groups (broad SMARTS) is 1. The maximum absolute atomic E-state index is 13.5. The Kier molecular flexibility index (Phi) is 7.62. The van der Waals surface area contributed by atoms with Crippen molar-refractivity contribution in [3.63, 3.8) is 0 Å². The molecule has 0 aliphatic rings. The average molecular weight is 468 g/mol. The van der Waals surface area contributed by atoms with Gasteiger partial charge in [0.1, 0.15) is 17.2 Å². The van der Waals surface area contributed by atoms with Crippen molar-refractivity contribution in [1.29, 1.82) is 0 Å². The zero-order valence-corrected chi connectivity index (χ0v) is 19.2. The largest absolute Gasteiger partial charge is 0.497 e. The molecule has 9 nitrogen and oxygen atoms in total. The van der Waals surface area contributed by atoms with Crippen LogP contribution in [-0.4, -0.2) is 41.3 Å². The number of aromatic nitrogens is 2. The smallest absolute Gasteiger partial charge is 0.404 e. The maximum atomic E-state index is 13.5. The van der Waals surface area contributed by atoms with Gasteiger partial charge in [-0.25, -0.2) is 14.8 Å². The van der Waals surface area contributed by atoms with Crippen LogP contribution >= 0.6 is 0 Å². The Morgan fingerprint density at radius 3 is 2.32 bits per heavy atom. The number of hydrogen-bond acceptors (Lipinski definition) is 6. The zero-order chi connectivity index (χ0) is 24.8. The second kappa shape index (κ2) is 10.6. The zero-order valence-electron chi connectivity index (χ0n) is 19.2. The van der Waals surface area contributed by atoms with E-state index in [-0.39, 0.29) is 12.2 Å². The van der Waals surface area contributed by atoms with E-state index in [9.17, 15) is 14.0 Å². The lowest BCUT2D eigenvalue weighted by Gasteiger charge is -2.17. The highest BCUT2D eigenvalue weighted by Gasteiger charge is 2.18. The topological polar surface area (TPSA) is 123 Å². The number of carbonyl (C=O) groups excluding carboxylic acids is 1. The van der Waals surface area contributed by atoms with Gasteiger partial charge in [0.25, 0.3) is 5.91 Å². The lowest BCUT2D eigenvalue weighted by molar-refractivity contribution is 0.0934. The van der Waals surface area contributed by atoms with Crippen LogP contribution in [0.3, 0.4) is 0 Å². The minimum atomic E-state index is -1.20. The first-order chi connectivity index (χ1) is 16.2. The number of nitrogens with zero attached hydrogens (tertiary/aromatic N) is 2. The van der Waals surface area contributed by atoms with Gasteiger partial charge in [-0.15, -0.1) is 0 Å². The molecule has 1 atom stereocenters. The van der Waals surface area contributed by atoms with Crippen LogP contribution in [0.5, 0.6) is 11.5 Å². The van der Waals surface area contributed by atoms with Gasteiger partial charge < -0.3 is 25.2 Å². The fourth-order valence-corrected chi connectivity index (χ4v) is 3.36. The summed E-state index contributed by atoms with van der Waals surface area (Å²) < 4.78 is 24.1. The number of benzene rings is 1. The number of rotatable bonds is 8. The van der Waals surface area contributed by atoms with Gasteiger partial charge in [-0.2, -0.15) is 4.39 Å². The summed E-state index contributed by atoms with van der Waals surface area (Å²) in [5.74, 6) is 0.0552. The molecule has 0 aliphatic carbocycles. The molecular formula is C24H25FN4O5. The molecule has 0 bridgehead atoms. The van der Waals surface area contributed by atoms with Crippen molar-refractivity contribution in [2.45, 2.75) is 26.4 Å². The van der Waals surface area contributed by atoms with Crippen molar-refractivity contribution in [2.24, 2.45) is 0 Å². The van der Waals surface area contributed by atoms with Gasteiger partial charge in [0.15, 0.2) is 0 Å². The quantitative estimate of drug-likeness (QED) is 0.429. The van der Waals surface area contributed by atoms with Crippen molar-refractivity contribution >= 4 is 12.0 Å². The number of ether oxygens (including phenoxy) is 2. The summed E-state index contributed by atoms with van der Waals surface area (Å²) in [5.41, 5.74) is 2.63. The van der Waals surface area contributed by atoms with Crippen LogP contribution in [0, 0.1) is 12.9 Å². The summed E-state index contributed by atoms with van der Waals surface area (Å²) in [5, 5.41) is 14.1. The Morgan fingerprint density at radius 2 is 1.74 bits per heavy atom. The summed E-state index contributed by atoms with van der Waals surface area (Å²) >= 11 is 0. The van der Waals surface area contributed by atoms with Crippen LogP contribution in [0.25, 0.3) is 11.3 Å². The van der Waals surface area contributed by atoms with E-state index in [1.807, 2.05) is 0 Å². The Bertz CT molecular complexity index is 1200. The molecule has 0 saturated carbocycles. The molecule has 0 saturated heterocycles. The Hall–Kier alpha value is -4.21. The molecule has 34 heavy (non-hydrogen) atoms. The maximum Gasteiger partial charge on any atom is 0.404 e. The molecule has 2 amide bonds. The molecule has 0 fully saturated rings. The van der Waals surface area contributed by atoms with Crippen LogP contribution in [-0.2, 0) is 6.54 Å². The van der Waals surface area contributed by atoms with Crippen molar-refractivity contribution < 1.29 is 28.6 Å². The lowest BCUT2D eigenvalue weighted by atomic mass is 10.1. The standard InChI is InChI=1S/C24H25FN4O5/c1-13(16-9-17(33-3)11-18(10-16)34-4)28-23(30)21-8-15(12-26-24(31)32)7-20(29-21)19-5-6-22(25)27-14(19)2/h5-11,13,26H,12H2,1-4H3,(H,28,30)(H,31,32). The van der Waals surface area contributed by atoms with Crippen LogP contribution in [0.1, 0.15) is 40.3 Å². The van der Waals surface area contributed by atoms with Crippen LogP contribution in [0.2, 0.25) is 0 Å². The number of halogens is 1. The van der Waals surface area contributed by atoms with Crippen molar-refractivity contribution in [2.75, 3.05) is 14.2 Å². The molecule has 2 aromatic heterocycles. The van der Waals surface area contributed by atoms with Gasteiger partial charge in [-0.05, 0) is 61.4 Å². The van der Waals surface area contributed by atoms with E-state index in [0.717, 1.165) is 5.56 Å². The van der Waals surface area contributed by atoms with Gasteiger partial charge in [-0.3, -0.25) is 4.79 Å². The molecule has 0 radical (unpaired) electrons. The Balaban J connectivity index is 1.94. The third-order valence-electron chi connectivity index (χ3n) is 5.11. The van der Waals surface area contributed by atoms with E-state index in [1.54, 1.807) is 38.1 Å². The van der Waals surface area contributed by atoms with Crippen LogP contribution in [0.15, 0.2) is 42.5 Å². The second-order valence-electron chi connectivity index (χ2n) is 7.51. The molecule has 2 heterocycles. The average Bonchev–Trinajstić information content (AvgIpc) is 2.82. The highest BCUT2D eigenvalue weighted by Crippen LogP contribution is 2.27. The van der Waals surface area contributed by atoms with Gasteiger partial charge in [0.2, 0.25) is 5.95 Å². The predicted molar refractivity (Wildman–Crippen MR) is 122 cm³/mol. The number of pyridine rings is 2. The summed E-state index contributed by atoms with van der Waals surface area (Å²) in [6, 6.07) is 10.7. The molecule has 0 aliphatic heterocycles. The molecule has 0 spiro atoms. The SMILES string of the molecule is COc1cc(OC)cc(C(C)NC(=O)c2cc(CNC(=O)O)cc(-c3ccc(F)nc3C)n2)c1. The number of amides is 2. The fourth-order valence-electron chi connectivity index (χ4n) is 3.36. The van der Waals surface area contributed by atoms with Crippen molar-refractivity contribution in [3.8, 4) is 22.8 Å². The first-order valence-electron chi connectivity index (χ1n) is 10.3. The Labute approximate surface area is 196 Å². The van der Waals surface area contributed by atoms with Crippen molar-refractivity contribution in [3.05, 3.63) is 70.9 Å². The molecule has 1 aromatic carbocycles. The van der Waals surface area contributed by atoms with E-state index in [0.29, 0.717) is 34.0 Å². The van der Waals surface area contributed by atoms with E-state index >= 15 is 0 Å². The summed E-state index contributed by atoms with van der Waals surface area (Å²) in [4.78, 5) is 32.3. The fraction of sp³-hybridized carbons (Fsp3) is 0.250. The Morgan fingerprint density at radius 1 is 1.06 bits per heavy atom. The highest BCUT2D eigenvalue weighted by atomic mass is 19.1. The summed E-state index contributed by atoms with van der Waals surface area (Å²) in [6.07, 6.45) is -1.20. The van der Waals surface area contributed by atoms with Crippen molar-refractivity contribution in [1.82, 2.24) is 20.6 Å². The normalized spacial score (nSPS) is 11.4. The molecule has 3 aromatic rings. The first-order valence-corrected chi connectivity index (χ1v) is 10.3. The lowest BCUT2D eigenvalue weighted by Crippen LogP contribution is -2.28. The summed E-state index contributed by atoms with van der Waals surface area (Å²) in [6.45, 7) is 3.39.